The summed E-state index contributed by atoms with van der Waals surface area (Å²) in [4.78, 5) is 21.0. The van der Waals surface area contributed by atoms with Crippen LogP contribution in [-0.4, -0.2) is 46.9 Å². The highest BCUT2D eigenvalue weighted by atomic mass is 35.5. The number of hydrogen-bond donors (Lipinski definition) is 0. The number of rotatable bonds is 5. The van der Waals surface area contributed by atoms with Crippen molar-refractivity contribution < 1.29 is 4.79 Å². The predicted octanol–water partition coefficient (Wildman–Crippen LogP) is 3.01. The zero-order valence-electron chi connectivity index (χ0n) is 13.7. The molecule has 0 radical (unpaired) electrons. The number of hydrogen-bond acceptors (Lipinski definition) is 3. The summed E-state index contributed by atoms with van der Waals surface area (Å²) in [6.07, 6.45) is 1.40. The number of amides is 1. The largest absolute Gasteiger partial charge is 0.340 e. The molecule has 0 atom stereocenters. The van der Waals surface area contributed by atoms with E-state index < -0.39 is 0 Å². The highest BCUT2D eigenvalue weighted by Crippen LogP contribution is 2.11. The van der Waals surface area contributed by atoms with Crippen molar-refractivity contribution in [2.24, 2.45) is 0 Å². The predicted molar refractivity (Wildman–Crippen MR) is 95.9 cm³/mol. The van der Waals surface area contributed by atoms with E-state index in [9.17, 15) is 4.79 Å². The van der Waals surface area contributed by atoms with E-state index in [1.54, 1.807) is 6.07 Å². The van der Waals surface area contributed by atoms with Crippen LogP contribution < -0.4 is 0 Å². The van der Waals surface area contributed by atoms with Crippen molar-refractivity contribution in [3.05, 3.63) is 64.9 Å². The van der Waals surface area contributed by atoms with E-state index in [1.165, 1.54) is 5.56 Å². The lowest BCUT2D eigenvalue weighted by Gasteiger charge is -2.34. The Morgan fingerprint density at radius 3 is 2.46 bits per heavy atom. The highest BCUT2D eigenvalue weighted by Gasteiger charge is 2.21. The maximum atomic E-state index is 12.4. The fraction of sp³-hybridized carbons (Fsp3) is 0.368. The van der Waals surface area contributed by atoms with Crippen molar-refractivity contribution in [1.29, 1.82) is 0 Å². The minimum Gasteiger partial charge on any atom is -0.340 e. The van der Waals surface area contributed by atoms with Crippen LogP contribution in [0.3, 0.4) is 0 Å². The Labute approximate surface area is 148 Å². The second-order valence-electron chi connectivity index (χ2n) is 6.09. The van der Waals surface area contributed by atoms with Gasteiger partial charge in [-0.15, -0.1) is 0 Å². The summed E-state index contributed by atoms with van der Waals surface area (Å²) in [7, 11) is 0. The molecule has 0 saturated carbocycles. The maximum absolute atomic E-state index is 12.4. The van der Waals surface area contributed by atoms with E-state index in [1.807, 2.05) is 35.2 Å². The lowest BCUT2D eigenvalue weighted by molar-refractivity contribution is -0.133. The summed E-state index contributed by atoms with van der Waals surface area (Å²) in [6, 6.07) is 15.9. The van der Waals surface area contributed by atoms with Crippen molar-refractivity contribution >= 4 is 17.5 Å². The van der Waals surface area contributed by atoms with Gasteiger partial charge in [-0.3, -0.25) is 9.69 Å². The van der Waals surface area contributed by atoms with Gasteiger partial charge in [0.05, 0.1) is 5.69 Å². The summed E-state index contributed by atoms with van der Waals surface area (Å²) >= 11 is 5.93. The van der Waals surface area contributed by atoms with E-state index in [0.29, 0.717) is 11.6 Å². The number of carbonyl (C=O) groups excluding carboxylic acids is 1. The normalized spacial score (nSPS) is 15.5. The topological polar surface area (TPSA) is 36.4 Å². The fourth-order valence-electron chi connectivity index (χ4n) is 2.98. The standard InChI is InChI=1S/C19H22ClN3O/c20-18-8-4-7-17(21-18)15-22-11-13-23(14-12-22)19(24)10-9-16-5-2-1-3-6-16/h1-8H,9-15H2. The van der Waals surface area contributed by atoms with Crippen LogP contribution in [0.25, 0.3) is 0 Å². The van der Waals surface area contributed by atoms with E-state index in [2.05, 4.69) is 22.0 Å². The van der Waals surface area contributed by atoms with Crippen LogP contribution in [0.1, 0.15) is 17.7 Å². The Morgan fingerprint density at radius 1 is 1.00 bits per heavy atom. The van der Waals surface area contributed by atoms with Gasteiger partial charge in [0, 0.05) is 39.1 Å². The molecule has 1 aromatic carbocycles. The molecular formula is C19H22ClN3O. The average Bonchev–Trinajstić information content (AvgIpc) is 2.61. The second-order valence-corrected chi connectivity index (χ2v) is 6.48. The minimum absolute atomic E-state index is 0.249. The van der Waals surface area contributed by atoms with Gasteiger partial charge in [-0.2, -0.15) is 0 Å². The molecule has 3 rings (SSSR count). The van der Waals surface area contributed by atoms with Crippen molar-refractivity contribution in [3.63, 3.8) is 0 Å². The molecule has 2 aromatic rings. The first kappa shape index (κ1) is 16.9. The smallest absolute Gasteiger partial charge is 0.222 e. The van der Waals surface area contributed by atoms with Gasteiger partial charge in [0.15, 0.2) is 0 Å². The number of aromatic nitrogens is 1. The summed E-state index contributed by atoms with van der Waals surface area (Å²) in [5.41, 5.74) is 2.20. The molecule has 2 heterocycles. The minimum atomic E-state index is 0.249. The lowest BCUT2D eigenvalue weighted by Crippen LogP contribution is -2.48. The molecule has 0 spiro atoms. The number of carbonyl (C=O) groups is 1. The van der Waals surface area contributed by atoms with Gasteiger partial charge in [-0.05, 0) is 24.1 Å². The van der Waals surface area contributed by atoms with Crippen molar-refractivity contribution in [1.82, 2.24) is 14.8 Å². The van der Waals surface area contributed by atoms with E-state index >= 15 is 0 Å². The SMILES string of the molecule is O=C(CCc1ccccc1)N1CCN(Cc2cccc(Cl)n2)CC1. The van der Waals surface area contributed by atoms with Gasteiger partial charge >= 0.3 is 0 Å². The number of nitrogens with zero attached hydrogens (tertiary/aromatic N) is 3. The van der Waals surface area contributed by atoms with Gasteiger partial charge in [-0.1, -0.05) is 48.0 Å². The molecular weight excluding hydrogens is 322 g/mol. The summed E-state index contributed by atoms with van der Waals surface area (Å²) in [5.74, 6) is 0.249. The molecule has 1 aromatic heterocycles. The number of pyridine rings is 1. The molecule has 5 heteroatoms. The van der Waals surface area contributed by atoms with Crippen LogP contribution in [0.2, 0.25) is 5.15 Å². The lowest BCUT2D eigenvalue weighted by atomic mass is 10.1. The highest BCUT2D eigenvalue weighted by molar-refractivity contribution is 6.29. The first-order chi connectivity index (χ1) is 11.7. The summed E-state index contributed by atoms with van der Waals surface area (Å²) < 4.78 is 0. The molecule has 1 fully saturated rings. The van der Waals surface area contributed by atoms with Crippen LogP contribution in [0.15, 0.2) is 48.5 Å². The molecule has 1 aliphatic heterocycles. The quantitative estimate of drug-likeness (QED) is 0.783. The van der Waals surface area contributed by atoms with Crippen molar-refractivity contribution in [2.75, 3.05) is 26.2 Å². The third-order valence-electron chi connectivity index (χ3n) is 4.35. The Kier molecular flexibility index (Phi) is 5.83. The summed E-state index contributed by atoms with van der Waals surface area (Å²) in [5, 5.41) is 0.530. The van der Waals surface area contributed by atoms with Crippen molar-refractivity contribution in [2.45, 2.75) is 19.4 Å². The average molecular weight is 344 g/mol. The molecule has 24 heavy (non-hydrogen) atoms. The Balaban J connectivity index is 1.43. The Bertz CT molecular complexity index is 669. The van der Waals surface area contributed by atoms with Gasteiger partial charge in [-0.25, -0.2) is 4.98 Å². The zero-order chi connectivity index (χ0) is 16.8. The third kappa shape index (κ3) is 4.79. The van der Waals surface area contributed by atoms with Crippen LogP contribution in [-0.2, 0) is 17.8 Å². The molecule has 0 N–H and O–H groups in total. The molecule has 0 unspecified atom stereocenters. The number of halogens is 1. The molecule has 1 saturated heterocycles. The maximum Gasteiger partial charge on any atom is 0.222 e. The van der Waals surface area contributed by atoms with Crippen LogP contribution >= 0.6 is 11.6 Å². The first-order valence-corrected chi connectivity index (χ1v) is 8.74. The van der Waals surface area contributed by atoms with Gasteiger partial charge in [0.2, 0.25) is 5.91 Å². The molecule has 4 nitrogen and oxygen atoms in total. The van der Waals surface area contributed by atoms with Crippen LogP contribution in [0.4, 0.5) is 0 Å². The van der Waals surface area contributed by atoms with Crippen molar-refractivity contribution in [3.8, 4) is 0 Å². The third-order valence-corrected chi connectivity index (χ3v) is 4.56. The Hall–Kier alpha value is -1.91. The second kappa shape index (κ2) is 8.27. The number of benzene rings is 1. The van der Waals surface area contributed by atoms with Crippen LogP contribution in [0, 0.1) is 0 Å². The zero-order valence-corrected chi connectivity index (χ0v) is 14.5. The molecule has 1 amide bonds. The molecule has 0 bridgehead atoms. The molecule has 0 aliphatic carbocycles. The molecule has 1 aliphatic rings. The van der Waals surface area contributed by atoms with Crippen LogP contribution in [0.5, 0.6) is 0 Å². The van der Waals surface area contributed by atoms with Gasteiger partial charge in [0.25, 0.3) is 0 Å². The number of aryl methyl sites for hydroxylation is 1. The monoisotopic (exact) mass is 343 g/mol. The van der Waals surface area contributed by atoms with E-state index in [-0.39, 0.29) is 5.91 Å². The van der Waals surface area contributed by atoms with Gasteiger partial charge < -0.3 is 4.90 Å². The fourth-order valence-corrected chi connectivity index (χ4v) is 3.16. The molecule has 126 valence electrons. The van der Waals surface area contributed by atoms with E-state index in [4.69, 9.17) is 11.6 Å². The Morgan fingerprint density at radius 2 is 1.75 bits per heavy atom. The summed E-state index contributed by atoms with van der Waals surface area (Å²) in [6.45, 7) is 4.12. The number of piperazine rings is 1. The first-order valence-electron chi connectivity index (χ1n) is 8.36. The van der Waals surface area contributed by atoms with E-state index in [0.717, 1.165) is 44.8 Å². The van der Waals surface area contributed by atoms with Gasteiger partial charge in [0.1, 0.15) is 5.15 Å².